The number of carbonyl (C=O) groups is 2. The summed E-state index contributed by atoms with van der Waals surface area (Å²) in [6.45, 7) is 8.00. The maximum absolute atomic E-state index is 13.6. The minimum atomic E-state index is -0.601. The Bertz CT molecular complexity index is 1220. The molecule has 0 radical (unpaired) electrons. The van der Waals surface area contributed by atoms with E-state index >= 15 is 0 Å². The number of carbonyl (C=O) groups excluding carboxylic acids is 2. The number of piperazine rings is 1. The highest BCUT2D eigenvalue weighted by Crippen LogP contribution is 2.40. The summed E-state index contributed by atoms with van der Waals surface area (Å²) in [7, 11) is 1.88. The van der Waals surface area contributed by atoms with Crippen LogP contribution in [0, 0.1) is 6.92 Å². The molecule has 33 heavy (non-hydrogen) atoms. The summed E-state index contributed by atoms with van der Waals surface area (Å²) in [6, 6.07) is 11.9. The fourth-order valence-electron chi connectivity index (χ4n) is 4.88. The Balaban J connectivity index is 1.35. The van der Waals surface area contributed by atoms with Crippen molar-refractivity contribution in [2.24, 2.45) is 7.05 Å². The Labute approximate surface area is 194 Å². The van der Waals surface area contributed by atoms with Crippen molar-refractivity contribution in [3.8, 4) is 0 Å². The van der Waals surface area contributed by atoms with E-state index < -0.39 is 5.41 Å². The molecular weight excluding hydrogens is 414 g/mol. The number of fused-ring (bicyclic) bond motifs is 1. The monoisotopic (exact) mass is 445 g/mol. The van der Waals surface area contributed by atoms with Crippen molar-refractivity contribution in [1.29, 1.82) is 0 Å². The lowest BCUT2D eigenvalue weighted by molar-refractivity contribution is -0.137. The molecule has 172 valence electrons. The van der Waals surface area contributed by atoms with Gasteiger partial charge in [-0.25, -0.2) is 4.98 Å². The van der Waals surface area contributed by atoms with Crippen LogP contribution in [-0.2, 0) is 17.3 Å². The minimum Gasteiger partial charge on any atom is -0.338 e. The zero-order valence-electron chi connectivity index (χ0n) is 19.8. The van der Waals surface area contributed by atoms with Gasteiger partial charge in [0, 0.05) is 44.8 Å². The predicted octanol–water partition coefficient (Wildman–Crippen LogP) is 3.42. The van der Waals surface area contributed by atoms with Crippen LogP contribution in [0.1, 0.15) is 59.9 Å². The van der Waals surface area contributed by atoms with Crippen molar-refractivity contribution in [2.45, 2.75) is 44.9 Å². The summed E-state index contributed by atoms with van der Waals surface area (Å²) in [4.78, 5) is 35.5. The summed E-state index contributed by atoms with van der Waals surface area (Å²) in [5.74, 6) is 0.562. The van der Waals surface area contributed by atoms with Gasteiger partial charge in [-0.3, -0.25) is 14.3 Å². The molecule has 2 amide bonds. The highest BCUT2D eigenvalue weighted by atomic mass is 16.2. The van der Waals surface area contributed by atoms with Gasteiger partial charge in [-0.1, -0.05) is 30.3 Å². The van der Waals surface area contributed by atoms with Gasteiger partial charge in [0.1, 0.15) is 0 Å². The van der Waals surface area contributed by atoms with Crippen molar-refractivity contribution >= 4 is 22.8 Å². The Morgan fingerprint density at radius 2 is 1.64 bits per heavy atom. The molecule has 0 bridgehead atoms. The molecule has 1 aromatic carbocycles. The third kappa shape index (κ3) is 3.79. The normalized spacial score (nSPS) is 17.0. The molecule has 0 unspecified atom stereocenters. The van der Waals surface area contributed by atoms with Gasteiger partial charge in [0.15, 0.2) is 5.65 Å². The summed E-state index contributed by atoms with van der Waals surface area (Å²) in [6.07, 6.45) is 2.25. The van der Waals surface area contributed by atoms with Crippen LogP contribution in [0.25, 0.3) is 11.0 Å². The number of aromatic nitrogens is 3. The Morgan fingerprint density at radius 3 is 2.27 bits per heavy atom. The lowest BCUT2D eigenvalue weighted by Gasteiger charge is -2.39. The van der Waals surface area contributed by atoms with Crippen LogP contribution < -0.4 is 0 Å². The smallest absolute Gasteiger partial charge is 0.254 e. The second-order valence-electron chi connectivity index (χ2n) is 9.85. The van der Waals surface area contributed by atoms with Gasteiger partial charge in [-0.2, -0.15) is 5.10 Å². The van der Waals surface area contributed by atoms with Crippen molar-refractivity contribution in [1.82, 2.24) is 24.6 Å². The summed E-state index contributed by atoms with van der Waals surface area (Å²) < 4.78 is 1.77. The fourth-order valence-corrected chi connectivity index (χ4v) is 4.88. The van der Waals surface area contributed by atoms with Gasteiger partial charge in [0.2, 0.25) is 5.91 Å². The van der Waals surface area contributed by atoms with Gasteiger partial charge < -0.3 is 9.80 Å². The quantitative estimate of drug-likeness (QED) is 0.617. The average molecular weight is 446 g/mol. The second-order valence-corrected chi connectivity index (χ2v) is 9.85. The molecule has 1 saturated carbocycles. The molecule has 3 aromatic rings. The molecule has 0 spiro atoms. The van der Waals surface area contributed by atoms with E-state index in [1.165, 1.54) is 0 Å². The van der Waals surface area contributed by atoms with Gasteiger partial charge in [0.05, 0.1) is 22.1 Å². The molecule has 3 heterocycles. The van der Waals surface area contributed by atoms with E-state index in [1.54, 1.807) is 4.68 Å². The van der Waals surface area contributed by atoms with E-state index in [4.69, 9.17) is 4.98 Å². The van der Waals surface area contributed by atoms with Crippen molar-refractivity contribution < 1.29 is 9.59 Å². The molecule has 2 aliphatic rings. The highest BCUT2D eigenvalue weighted by Gasteiger charge is 2.36. The molecule has 7 heteroatoms. The number of benzene rings is 1. The molecular formula is C26H31N5O2. The van der Waals surface area contributed by atoms with E-state index in [0.717, 1.165) is 40.8 Å². The van der Waals surface area contributed by atoms with Crippen LogP contribution >= 0.6 is 0 Å². The van der Waals surface area contributed by atoms with Crippen molar-refractivity contribution in [2.75, 3.05) is 26.2 Å². The van der Waals surface area contributed by atoms with E-state index in [0.29, 0.717) is 37.7 Å². The van der Waals surface area contributed by atoms with Gasteiger partial charge in [-0.15, -0.1) is 0 Å². The first kappa shape index (κ1) is 21.6. The summed E-state index contributed by atoms with van der Waals surface area (Å²) in [5, 5.41) is 5.36. The first-order valence-electron chi connectivity index (χ1n) is 11.8. The van der Waals surface area contributed by atoms with Crippen LogP contribution in [-0.4, -0.2) is 62.6 Å². The molecule has 5 rings (SSSR count). The first-order chi connectivity index (χ1) is 15.8. The van der Waals surface area contributed by atoms with Crippen LogP contribution in [0.4, 0.5) is 0 Å². The standard InChI is InChI=1S/C26H31N5O2/c1-17-22-20(16-21(18-10-11-18)27-23(22)29(4)28-17)24(32)30-12-14-31(15-13-30)25(33)26(2,3)19-8-6-5-7-9-19/h5-9,16,18H,10-15H2,1-4H3. The van der Waals surface area contributed by atoms with Crippen LogP contribution in [0.3, 0.4) is 0 Å². The lowest BCUT2D eigenvalue weighted by Crippen LogP contribution is -2.54. The topological polar surface area (TPSA) is 71.3 Å². The third-order valence-corrected chi connectivity index (χ3v) is 7.10. The average Bonchev–Trinajstić information content (AvgIpc) is 3.64. The van der Waals surface area contributed by atoms with E-state index in [1.807, 2.05) is 74.0 Å². The van der Waals surface area contributed by atoms with E-state index in [-0.39, 0.29) is 11.8 Å². The minimum absolute atomic E-state index is 0.00909. The molecule has 2 fully saturated rings. The van der Waals surface area contributed by atoms with Gasteiger partial charge >= 0.3 is 0 Å². The van der Waals surface area contributed by atoms with Crippen LogP contribution in [0.5, 0.6) is 0 Å². The number of pyridine rings is 1. The predicted molar refractivity (Wildman–Crippen MR) is 127 cm³/mol. The highest BCUT2D eigenvalue weighted by molar-refractivity contribution is 6.06. The van der Waals surface area contributed by atoms with Crippen molar-refractivity contribution in [3.05, 3.63) is 58.9 Å². The first-order valence-corrected chi connectivity index (χ1v) is 11.8. The Morgan fingerprint density at radius 1 is 1.00 bits per heavy atom. The second kappa shape index (κ2) is 7.97. The summed E-state index contributed by atoms with van der Waals surface area (Å²) in [5.41, 5.74) is 3.69. The lowest BCUT2D eigenvalue weighted by atomic mass is 9.83. The Kier molecular flexibility index (Phi) is 5.22. The van der Waals surface area contributed by atoms with Crippen LogP contribution in [0.15, 0.2) is 36.4 Å². The molecule has 7 nitrogen and oxygen atoms in total. The number of nitrogens with zero attached hydrogens (tertiary/aromatic N) is 5. The molecule has 0 atom stereocenters. The number of amides is 2. The molecule has 1 saturated heterocycles. The SMILES string of the molecule is Cc1nn(C)c2nc(C3CC3)cc(C(=O)N3CCN(C(=O)C(C)(C)c4ccccc4)CC3)c12. The molecule has 1 aliphatic carbocycles. The number of aryl methyl sites for hydroxylation is 2. The largest absolute Gasteiger partial charge is 0.338 e. The maximum Gasteiger partial charge on any atom is 0.254 e. The molecule has 0 N–H and O–H groups in total. The molecule has 1 aliphatic heterocycles. The maximum atomic E-state index is 13.6. The number of hydrogen-bond acceptors (Lipinski definition) is 4. The summed E-state index contributed by atoms with van der Waals surface area (Å²) >= 11 is 0. The van der Waals surface area contributed by atoms with Crippen LogP contribution in [0.2, 0.25) is 0 Å². The third-order valence-electron chi connectivity index (χ3n) is 7.10. The molecule has 2 aromatic heterocycles. The van der Waals surface area contributed by atoms with E-state index in [2.05, 4.69) is 5.10 Å². The Hall–Kier alpha value is -3.22. The van der Waals surface area contributed by atoms with Gasteiger partial charge in [0.25, 0.3) is 5.91 Å². The van der Waals surface area contributed by atoms with E-state index in [9.17, 15) is 9.59 Å². The van der Waals surface area contributed by atoms with Crippen molar-refractivity contribution in [3.63, 3.8) is 0 Å². The fraction of sp³-hybridized carbons (Fsp3) is 0.462. The number of hydrogen-bond donors (Lipinski definition) is 0. The zero-order chi connectivity index (χ0) is 23.3. The number of rotatable bonds is 4. The zero-order valence-corrected chi connectivity index (χ0v) is 19.8. The van der Waals surface area contributed by atoms with Gasteiger partial charge in [-0.05, 0) is 45.2 Å².